The van der Waals surface area contributed by atoms with E-state index in [9.17, 15) is 9.59 Å². The maximum atomic E-state index is 12.5. The van der Waals surface area contributed by atoms with Gasteiger partial charge in [0.1, 0.15) is 0 Å². The first-order chi connectivity index (χ1) is 13.5. The Morgan fingerprint density at radius 1 is 1.21 bits per heavy atom. The first kappa shape index (κ1) is 21.2. The molecule has 0 N–H and O–H groups in total. The number of hydrogen-bond acceptors (Lipinski definition) is 3. The lowest BCUT2D eigenvalue weighted by atomic mass is 9.90. The number of carbonyl (C=O) groups excluding carboxylic acids is 2. The van der Waals surface area contributed by atoms with Gasteiger partial charge in [-0.15, -0.1) is 18.2 Å². The third kappa shape index (κ3) is 4.42. The van der Waals surface area contributed by atoms with Gasteiger partial charge in [-0.05, 0) is 38.2 Å². The number of hydroxylamine groups is 2. The van der Waals surface area contributed by atoms with E-state index in [1.54, 1.807) is 23.1 Å². The van der Waals surface area contributed by atoms with Gasteiger partial charge in [-0.1, -0.05) is 49.1 Å². The molecule has 0 bridgehead atoms. The molecule has 5 heteroatoms. The predicted molar refractivity (Wildman–Crippen MR) is 112 cm³/mol. The second-order valence-electron chi connectivity index (χ2n) is 6.65. The van der Waals surface area contributed by atoms with Crippen LogP contribution in [0.4, 0.5) is 4.79 Å². The first-order valence-corrected chi connectivity index (χ1v) is 9.42. The molecule has 0 spiro atoms. The van der Waals surface area contributed by atoms with E-state index in [0.29, 0.717) is 35.8 Å². The number of likely N-dealkylation sites (tertiary alicyclic amines) is 1. The molecule has 0 atom stereocenters. The molecule has 0 aromatic heterocycles. The van der Waals surface area contributed by atoms with Crippen LogP contribution in [-0.4, -0.2) is 35.1 Å². The average molecular weight is 380 g/mol. The summed E-state index contributed by atoms with van der Waals surface area (Å²) in [6.07, 6.45) is 6.28. The summed E-state index contributed by atoms with van der Waals surface area (Å²) < 4.78 is 0. The van der Waals surface area contributed by atoms with Gasteiger partial charge in [0.2, 0.25) is 0 Å². The Hall–Kier alpha value is -3.08. The van der Waals surface area contributed by atoms with Gasteiger partial charge < -0.3 is 9.74 Å². The molecule has 5 nitrogen and oxygen atoms in total. The number of hydrogen-bond donors (Lipinski definition) is 0. The van der Waals surface area contributed by atoms with E-state index in [0.717, 1.165) is 24.3 Å². The van der Waals surface area contributed by atoms with Gasteiger partial charge in [0.25, 0.3) is 5.91 Å². The lowest BCUT2D eigenvalue weighted by molar-refractivity contribution is -0.0427. The van der Waals surface area contributed by atoms with Crippen LogP contribution in [0.2, 0.25) is 0 Å². The second-order valence-corrected chi connectivity index (χ2v) is 6.65. The highest BCUT2D eigenvalue weighted by Gasteiger charge is 2.35. The molecule has 2 aliphatic rings. The number of piperidine rings is 1. The minimum atomic E-state index is -0.499. The van der Waals surface area contributed by atoms with E-state index in [4.69, 9.17) is 4.84 Å². The third-order valence-electron chi connectivity index (χ3n) is 5.10. The van der Waals surface area contributed by atoms with Crippen LogP contribution in [0.3, 0.4) is 0 Å². The van der Waals surface area contributed by atoms with Crippen molar-refractivity contribution in [3.63, 3.8) is 0 Å². The van der Waals surface area contributed by atoms with Crippen LogP contribution in [-0.2, 0) is 4.84 Å². The molecule has 0 unspecified atom stereocenters. The van der Waals surface area contributed by atoms with E-state index >= 15 is 0 Å². The fourth-order valence-corrected chi connectivity index (χ4v) is 3.47. The number of benzene rings is 1. The Morgan fingerprint density at radius 3 is 2.36 bits per heavy atom. The Bertz CT molecular complexity index is 754. The molecule has 0 saturated carbocycles. The van der Waals surface area contributed by atoms with E-state index < -0.39 is 6.09 Å². The number of carbonyl (C=O) groups is 2. The topological polar surface area (TPSA) is 49.9 Å². The van der Waals surface area contributed by atoms with Crippen LogP contribution < -0.4 is 0 Å². The van der Waals surface area contributed by atoms with Crippen molar-refractivity contribution in [3.05, 3.63) is 79.4 Å². The fraction of sp³-hybridized carbons (Fsp3) is 0.304. The quantitative estimate of drug-likeness (QED) is 0.533. The van der Waals surface area contributed by atoms with Gasteiger partial charge in [0, 0.05) is 18.7 Å². The van der Waals surface area contributed by atoms with E-state index in [2.05, 4.69) is 32.4 Å². The highest BCUT2D eigenvalue weighted by Crippen LogP contribution is 2.32. The van der Waals surface area contributed by atoms with Gasteiger partial charge in [-0.3, -0.25) is 4.79 Å². The van der Waals surface area contributed by atoms with E-state index in [1.807, 2.05) is 19.1 Å². The molecule has 3 rings (SSSR count). The number of rotatable bonds is 4. The SMILES string of the molecule is C=C.C=C/C(=C\C)CC1CCN(C(=O)ON2C(=C)c3ccccc3C2=O)CC1. The second kappa shape index (κ2) is 9.74. The Labute approximate surface area is 167 Å². The van der Waals surface area contributed by atoms with Crippen LogP contribution in [0.1, 0.15) is 42.1 Å². The zero-order chi connectivity index (χ0) is 20.7. The van der Waals surface area contributed by atoms with Crippen molar-refractivity contribution in [2.45, 2.75) is 26.2 Å². The summed E-state index contributed by atoms with van der Waals surface area (Å²) in [7, 11) is 0. The summed E-state index contributed by atoms with van der Waals surface area (Å²) >= 11 is 0. The maximum absolute atomic E-state index is 12.5. The molecule has 1 aromatic rings. The van der Waals surface area contributed by atoms with E-state index in [-0.39, 0.29) is 5.91 Å². The average Bonchev–Trinajstić information content (AvgIpc) is 2.99. The van der Waals surface area contributed by atoms with E-state index in [1.165, 1.54) is 5.57 Å². The molecule has 1 saturated heterocycles. The molecule has 0 aliphatic carbocycles. The minimum absolute atomic E-state index is 0.349. The molecule has 0 radical (unpaired) electrons. The normalized spacial score (nSPS) is 17.0. The Balaban J connectivity index is 0.00000136. The number of amides is 2. The molecular weight excluding hydrogens is 352 g/mol. The Kier molecular flexibility index (Phi) is 7.38. The maximum Gasteiger partial charge on any atom is 0.434 e. The molecular formula is C23H28N2O3. The predicted octanol–water partition coefficient (Wildman–Crippen LogP) is 5.20. The summed E-state index contributed by atoms with van der Waals surface area (Å²) in [6.45, 7) is 17.0. The van der Waals surface area contributed by atoms with Crippen molar-refractivity contribution in [1.29, 1.82) is 0 Å². The van der Waals surface area contributed by atoms with Crippen molar-refractivity contribution in [2.24, 2.45) is 5.92 Å². The summed E-state index contributed by atoms with van der Waals surface area (Å²) in [6, 6.07) is 7.12. The van der Waals surface area contributed by atoms with Crippen molar-refractivity contribution < 1.29 is 14.4 Å². The summed E-state index contributed by atoms with van der Waals surface area (Å²) in [5.41, 5.74) is 2.85. The standard InChI is InChI=1S/C21H24N2O3.C2H4/c1-4-16(5-2)14-17-10-12-22(13-11-17)21(25)26-23-15(3)18-8-6-7-9-19(18)20(23)24;1-2/h4-9,17H,1,3,10-14H2,2H3;1-2H2/b16-5+;. The monoisotopic (exact) mass is 380 g/mol. The van der Waals surface area contributed by atoms with Gasteiger partial charge >= 0.3 is 6.09 Å². The van der Waals surface area contributed by atoms with Crippen LogP contribution in [0.15, 0.2) is 68.3 Å². The van der Waals surface area contributed by atoms with Crippen LogP contribution in [0.25, 0.3) is 5.70 Å². The molecule has 2 amide bonds. The van der Waals surface area contributed by atoms with Crippen molar-refractivity contribution in [2.75, 3.05) is 13.1 Å². The van der Waals surface area contributed by atoms with Gasteiger partial charge in [0.05, 0.1) is 11.3 Å². The van der Waals surface area contributed by atoms with Crippen LogP contribution in [0.5, 0.6) is 0 Å². The molecule has 1 fully saturated rings. The number of allylic oxidation sites excluding steroid dienone is 3. The number of nitrogens with zero attached hydrogens (tertiary/aromatic N) is 2. The van der Waals surface area contributed by atoms with Crippen LogP contribution in [0, 0.1) is 5.92 Å². The highest BCUT2D eigenvalue weighted by atomic mass is 16.7. The molecule has 2 heterocycles. The van der Waals surface area contributed by atoms with Gasteiger partial charge in [-0.25, -0.2) is 4.79 Å². The third-order valence-corrected chi connectivity index (χ3v) is 5.10. The molecule has 1 aromatic carbocycles. The van der Waals surface area contributed by atoms with Crippen LogP contribution >= 0.6 is 0 Å². The summed E-state index contributed by atoms with van der Waals surface area (Å²) in [5.74, 6) is 0.188. The zero-order valence-electron chi connectivity index (χ0n) is 16.5. The summed E-state index contributed by atoms with van der Waals surface area (Å²) in [5, 5.41) is 1.01. The lowest BCUT2D eigenvalue weighted by Gasteiger charge is -2.32. The fourth-order valence-electron chi connectivity index (χ4n) is 3.47. The lowest BCUT2D eigenvalue weighted by Crippen LogP contribution is -2.42. The largest absolute Gasteiger partial charge is 0.434 e. The van der Waals surface area contributed by atoms with Gasteiger partial charge in [-0.2, -0.15) is 0 Å². The molecule has 2 aliphatic heterocycles. The number of fused-ring (bicyclic) bond motifs is 1. The van der Waals surface area contributed by atoms with Crippen molar-refractivity contribution in [1.82, 2.24) is 9.96 Å². The summed E-state index contributed by atoms with van der Waals surface area (Å²) in [4.78, 5) is 31.9. The minimum Gasteiger partial charge on any atom is -0.313 e. The first-order valence-electron chi connectivity index (χ1n) is 9.42. The smallest absolute Gasteiger partial charge is 0.313 e. The van der Waals surface area contributed by atoms with Gasteiger partial charge in [0.15, 0.2) is 0 Å². The Morgan fingerprint density at radius 2 is 1.82 bits per heavy atom. The van der Waals surface area contributed by atoms with Crippen molar-refractivity contribution in [3.8, 4) is 0 Å². The molecule has 28 heavy (non-hydrogen) atoms. The molecule has 148 valence electrons. The zero-order valence-corrected chi connectivity index (χ0v) is 16.5. The highest BCUT2D eigenvalue weighted by molar-refractivity contribution is 6.08. The van der Waals surface area contributed by atoms with Crippen molar-refractivity contribution >= 4 is 17.7 Å².